The van der Waals surface area contributed by atoms with E-state index in [2.05, 4.69) is 6.58 Å². The predicted molar refractivity (Wildman–Crippen MR) is 50.6 cm³/mol. The summed E-state index contributed by atoms with van der Waals surface area (Å²) in [4.78, 5) is 20.5. The fourth-order valence-electron chi connectivity index (χ4n) is 1.76. The molecule has 0 aliphatic heterocycles. The second-order valence-electron chi connectivity index (χ2n) is 3.55. The highest BCUT2D eigenvalue weighted by atomic mass is 17.2. The molecule has 2 atom stereocenters. The third kappa shape index (κ3) is 2.82. The second kappa shape index (κ2) is 5.12. The highest BCUT2D eigenvalue weighted by Gasteiger charge is 2.35. The standard InChI is InChI=1S/C10H16O4/c1-3-13-14-6-8-4-7(2)5-9(8)10(11)12/h8-9H,2-6H2,1H3,(H,11,12)/t8-,9+/m1/s1. The molecule has 4 heteroatoms. The van der Waals surface area contributed by atoms with Gasteiger partial charge in [0.15, 0.2) is 0 Å². The van der Waals surface area contributed by atoms with Crippen LogP contribution in [0.2, 0.25) is 0 Å². The molecule has 0 aromatic heterocycles. The Bertz CT molecular complexity index is 224. The summed E-state index contributed by atoms with van der Waals surface area (Å²) in [7, 11) is 0. The van der Waals surface area contributed by atoms with Gasteiger partial charge in [0.1, 0.15) is 0 Å². The van der Waals surface area contributed by atoms with Crippen molar-refractivity contribution >= 4 is 5.97 Å². The van der Waals surface area contributed by atoms with Gasteiger partial charge in [-0.2, -0.15) is 0 Å². The van der Waals surface area contributed by atoms with Crippen molar-refractivity contribution in [3.8, 4) is 0 Å². The first kappa shape index (κ1) is 11.2. The van der Waals surface area contributed by atoms with Crippen molar-refractivity contribution in [2.75, 3.05) is 13.2 Å². The lowest BCUT2D eigenvalue weighted by Crippen LogP contribution is -2.22. The average Bonchev–Trinajstić information content (AvgIpc) is 2.47. The first-order chi connectivity index (χ1) is 6.65. The van der Waals surface area contributed by atoms with Gasteiger partial charge in [0.05, 0.1) is 19.1 Å². The van der Waals surface area contributed by atoms with E-state index in [0.29, 0.717) is 19.6 Å². The normalized spacial score (nSPS) is 26.8. The summed E-state index contributed by atoms with van der Waals surface area (Å²) < 4.78 is 0. The zero-order valence-electron chi connectivity index (χ0n) is 8.36. The molecule has 1 saturated carbocycles. The number of carbonyl (C=O) groups is 1. The van der Waals surface area contributed by atoms with Crippen molar-refractivity contribution in [3.63, 3.8) is 0 Å². The molecule has 0 saturated heterocycles. The van der Waals surface area contributed by atoms with E-state index in [4.69, 9.17) is 14.9 Å². The third-order valence-electron chi connectivity index (χ3n) is 2.43. The van der Waals surface area contributed by atoms with Crippen LogP contribution in [0.3, 0.4) is 0 Å². The van der Waals surface area contributed by atoms with Gasteiger partial charge >= 0.3 is 5.97 Å². The number of carboxylic acids is 1. The summed E-state index contributed by atoms with van der Waals surface area (Å²) in [6.07, 6.45) is 1.29. The fourth-order valence-corrected chi connectivity index (χ4v) is 1.76. The summed E-state index contributed by atoms with van der Waals surface area (Å²) in [6.45, 7) is 6.44. The monoisotopic (exact) mass is 200 g/mol. The molecule has 1 rings (SSSR count). The average molecular weight is 200 g/mol. The lowest BCUT2D eigenvalue weighted by atomic mass is 9.97. The van der Waals surface area contributed by atoms with Crippen LogP contribution in [0.25, 0.3) is 0 Å². The molecule has 0 radical (unpaired) electrons. The SMILES string of the molecule is C=C1C[C@H](COOCC)[C@@H](C(=O)O)C1. The van der Waals surface area contributed by atoms with E-state index in [1.807, 2.05) is 6.92 Å². The van der Waals surface area contributed by atoms with Crippen LogP contribution in [0.15, 0.2) is 12.2 Å². The van der Waals surface area contributed by atoms with Gasteiger partial charge in [-0.1, -0.05) is 12.2 Å². The molecule has 0 aromatic carbocycles. The fraction of sp³-hybridized carbons (Fsp3) is 0.700. The van der Waals surface area contributed by atoms with Crippen LogP contribution in [0.4, 0.5) is 0 Å². The second-order valence-corrected chi connectivity index (χ2v) is 3.55. The molecule has 1 N–H and O–H groups in total. The third-order valence-corrected chi connectivity index (χ3v) is 2.43. The van der Waals surface area contributed by atoms with Gasteiger partial charge in [-0.15, -0.1) is 0 Å². The minimum atomic E-state index is -0.770. The molecule has 1 aliphatic rings. The molecule has 1 aliphatic carbocycles. The number of allylic oxidation sites excluding steroid dienone is 1. The maximum Gasteiger partial charge on any atom is 0.307 e. The van der Waals surface area contributed by atoms with Crippen molar-refractivity contribution in [1.82, 2.24) is 0 Å². The van der Waals surface area contributed by atoms with Crippen molar-refractivity contribution in [2.45, 2.75) is 19.8 Å². The molecule has 0 amide bonds. The Hall–Kier alpha value is -0.870. The van der Waals surface area contributed by atoms with Crippen LogP contribution >= 0.6 is 0 Å². The van der Waals surface area contributed by atoms with Gasteiger partial charge in [0.2, 0.25) is 0 Å². The summed E-state index contributed by atoms with van der Waals surface area (Å²) >= 11 is 0. The van der Waals surface area contributed by atoms with Crippen molar-refractivity contribution in [2.24, 2.45) is 11.8 Å². The summed E-state index contributed by atoms with van der Waals surface area (Å²) in [5.41, 5.74) is 0.988. The largest absolute Gasteiger partial charge is 0.481 e. The van der Waals surface area contributed by atoms with Crippen molar-refractivity contribution in [3.05, 3.63) is 12.2 Å². The Morgan fingerprint density at radius 3 is 2.86 bits per heavy atom. The number of aliphatic carboxylic acids is 1. The molecule has 0 unspecified atom stereocenters. The summed E-state index contributed by atoms with van der Waals surface area (Å²) in [6, 6.07) is 0. The minimum Gasteiger partial charge on any atom is -0.481 e. The van der Waals surface area contributed by atoms with Crippen molar-refractivity contribution < 1.29 is 19.7 Å². The van der Waals surface area contributed by atoms with E-state index in [-0.39, 0.29) is 11.8 Å². The van der Waals surface area contributed by atoms with Crippen molar-refractivity contribution in [1.29, 1.82) is 0 Å². The number of carboxylic acid groups (broad SMARTS) is 1. The van der Waals surface area contributed by atoms with Gasteiger partial charge in [0, 0.05) is 5.92 Å². The van der Waals surface area contributed by atoms with E-state index < -0.39 is 5.97 Å². The maximum absolute atomic E-state index is 10.9. The smallest absolute Gasteiger partial charge is 0.307 e. The van der Waals surface area contributed by atoms with E-state index in [1.165, 1.54) is 0 Å². The van der Waals surface area contributed by atoms with E-state index in [9.17, 15) is 4.79 Å². The van der Waals surface area contributed by atoms with E-state index in [1.54, 1.807) is 0 Å². The number of hydrogen-bond donors (Lipinski definition) is 1. The molecule has 4 nitrogen and oxygen atoms in total. The molecule has 0 aromatic rings. The van der Waals surface area contributed by atoms with Crippen LogP contribution in [0, 0.1) is 11.8 Å². The molecular weight excluding hydrogens is 184 g/mol. The zero-order chi connectivity index (χ0) is 10.6. The Kier molecular flexibility index (Phi) is 4.10. The Morgan fingerprint density at radius 1 is 1.57 bits per heavy atom. The number of rotatable bonds is 5. The molecule has 14 heavy (non-hydrogen) atoms. The van der Waals surface area contributed by atoms with Gasteiger partial charge < -0.3 is 5.11 Å². The van der Waals surface area contributed by atoms with Gasteiger partial charge in [-0.25, -0.2) is 9.78 Å². The van der Waals surface area contributed by atoms with Gasteiger partial charge in [-0.3, -0.25) is 4.79 Å². The maximum atomic E-state index is 10.9. The summed E-state index contributed by atoms with van der Waals surface area (Å²) in [5.74, 6) is -1.12. The van der Waals surface area contributed by atoms with Crippen LogP contribution in [-0.2, 0) is 14.6 Å². The molecule has 80 valence electrons. The highest BCUT2D eigenvalue weighted by molar-refractivity contribution is 5.71. The minimum absolute atomic E-state index is 0.00606. The topological polar surface area (TPSA) is 55.8 Å². The molecular formula is C10H16O4. The van der Waals surface area contributed by atoms with Gasteiger partial charge in [-0.05, 0) is 19.8 Å². The molecule has 0 heterocycles. The first-order valence-electron chi connectivity index (χ1n) is 4.79. The Morgan fingerprint density at radius 2 is 2.29 bits per heavy atom. The van der Waals surface area contributed by atoms with E-state index >= 15 is 0 Å². The summed E-state index contributed by atoms with van der Waals surface area (Å²) in [5, 5.41) is 8.92. The molecule has 1 fully saturated rings. The first-order valence-corrected chi connectivity index (χ1v) is 4.79. The lowest BCUT2D eigenvalue weighted by Gasteiger charge is -2.13. The van der Waals surface area contributed by atoms with Crippen LogP contribution in [0.1, 0.15) is 19.8 Å². The zero-order valence-corrected chi connectivity index (χ0v) is 8.36. The Balaban J connectivity index is 2.41. The molecule has 0 spiro atoms. The Labute approximate surface area is 83.4 Å². The number of hydrogen-bond acceptors (Lipinski definition) is 3. The highest BCUT2D eigenvalue weighted by Crippen LogP contribution is 2.35. The molecule has 0 bridgehead atoms. The van der Waals surface area contributed by atoms with Gasteiger partial charge in [0.25, 0.3) is 0 Å². The van der Waals surface area contributed by atoms with Crippen LogP contribution in [-0.4, -0.2) is 24.3 Å². The predicted octanol–water partition coefficient (Wildman–Crippen LogP) is 1.62. The quantitative estimate of drug-likeness (QED) is 0.317. The van der Waals surface area contributed by atoms with E-state index in [0.717, 1.165) is 12.0 Å². The van der Waals surface area contributed by atoms with Crippen LogP contribution < -0.4 is 0 Å². The lowest BCUT2D eigenvalue weighted by molar-refractivity contribution is -0.299. The van der Waals surface area contributed by atoms with Crippen LogP contribution in [0.5, 0.6) is 0 Å².